The van der Waals surface area contributed by atoms with Crippen LogP contribution in [0.1, 0.15) is 22.3 Å². The molecule has 1 N–H and O–H groups in total. The van der Waals surface area contributed by atoms with E-state index in [0.717, 1.165) is 27.7 Å². The molecule has 0 aliphatic heterocycles. The van der Waals surface area contributed by atoms with Gasteiger partial charge in [0.25, 0.3) is 5.91 Å². The number of rotatable bonds is 6. The zero-order valence-corrected chi connectivity index (χ0v) is 17.2. The number of aryl methyl sites for hydroxylation is 1. The number of hydrogen-bond donors (Lipinski definition) is 1. The van der Waals surface area contributed by atoms with Crippen LogP contribution in [-0.2, 0) is 0 Å². The Morgan fingerprint density at radius 1 is 1.17 bits per heavy atom. The van der Waals surface area contributed by atoms with Gasteiger partial charge in [0.05, 0.1) is 25.1 Å². The van der Waals surface area contributed by atoms with E-state index in [1.807, 2.05) is 73.0 Å². The molecule has 0 unspecified atom stereocenters. The predicted octanol–water partition coefficient (Wildman–Crippen LogP) is 5.03. The van der Waals surface area contributed by atoms with Crippen LogP contribution in [0.15, 0.2) is 54.7 Å². The summed E-state index contributed by atoms with van der Waals surface area (Å²) in [5.41, 5.74) is 3.36. The summed E-state index contributed by atoms with van der Waals surface area (Å²) in [7, 11) is 1.64. The molecule has 29 heavy (non-hydrogen) atoms. The standard InChI is InChI=1S/C22H21N3O3S/c1-4-28-19-8-6-5-7-17(19)23-21(26)20-14(2)25-13-18(24-22(25)29-20)15-9-11-16(27-3)12-10-15/h5-13H,4H2,1-3H3,(H,23,26). The van der Waals surface area contributed by atoms with Gasteiger partial charge in [0.1, 0.15) is 16.4 Å². The molecule has 2 heterocycles. The van der Waals surface area contributed by atoms with Crippen LogP contribution in [0.5, 0.6) is 11.5 Å². The molecule has 0 spiro atoms. The monoisotopic (exact) mass is 407 g/mol. The van der Waals surface area contributed by atoms with Crippen LogP contribution in [-0.4, -0.2) is 29.0 Å². The van der Waals surface area contributed by atoms with Crippen molar-refractivity contribution in [1.29, 1.82) is 0 Å². The number of methoxy groups -OCH3 is 1. The largest absolute Gasteiger partial charge is 0.497 e. The predicted molar refractivity (Wildman–Crippen MR) is 115 cm³/mol. The van der Waals surface area contributed by atoms with Crippen LogP contribution < -0.4 is 14.8 Å². The van der Waals surface area contributed by atoms with Gasteiger partial charge in [-0.15, -0.1) is 0 Å². The Kier molecular flexibility index (Phi) is 5.22. The van der Waals surface area contributed by atoms with Crippen LogP contribution in [0.3, 0.4) is 0 Å². The van der Waals surface area contributed by atoms with Crippen molar-refractivity contribution in [2.75, 3.05) is 19.0 Å². The van der Waals surface area contributed by atoms with Gasteiger partial charge in [-0.05, 0) is 50.2 Å². The molecule has 0 radical (unpaired) electrons. The number of hydrogen-bond acceptors (Lipinski definition) is 5. The molecule has 0 saturated carbocycles. The van der Waals surface area contributed by atoms with E-state index in [-0.39, 0.29) is 5.91 Å². The Labute approximate surface area is 172 Å². The number of thiazole rings is 1. The third-order valence-corrected chi connectivity index (χ3v) is 5.74. The van der Waals surface area contributed by atoms with E-state index in [0.29, 0.717) is 22.9 Å². The number of anilines is 1. The molecule has 0 saturated heterocycles. The highest BCUT2D eigenvalue weighted by Gasteiger charge is 2.19. The summed E-state index contributed by atoms with van der Waals surface area (Å²) < 4.78 is 12.7. The van der Waals surface area contributed by atoms with Gasteiger partial charge in [0, 0.05) is 17.5 Å². The maximum Gasteiger partial charge on any atom is 0.267 e. The number of para-hydroxylation sites is 2. The summed E-state index contributed by atoms with van der Waals surface area (Å²) in [6.07, 6.45) is 1.95. The molecule has 2 aromatic heterocycles. The zero-order valence-electron chi connectivity index (χ0n) is 16.4. The Bertz CT molecular complexity index is 1160. The minimum absolute atomic E-state index is 0.170. The molecular weight excluding hydrogens is 386 g/mol. The van der Waals surface area contributed by atoms with E-state index >= 15 is 0 Å². The molecule has 0 fully saturated rings. The molecule has 148 valence electrons. The summed E-state index contributed by atoms with van der Waals surface area (Å²) in [5.74, 6) is 1.29. The Hall–Kier alpha value is -3.32. The van der Waals surface area contributed by atoms with Crippen molar-refractivity contribution in [1.82, 2.24) is 9.38 Å². The van der Waals surface area contributed by atoms with Crippen LogP contribution >= 0.6 is 11.3 Å². The second-order valence-corrected chi connectivity index (χ2v) is 7.38. The lowest BCUT2D eigenvalue weighted by Crippen LogP contribution is -2.13. The van der Waals surface area contributed by atoms with E-state index < -0.39 is 0 Å². The molecule has 6 nitrogen and oxygen atoms in total. The van der Waals surface area contributed by atoms with Gasteiger partial charge in [-0.2, -0.15) is 0 Å². The number of amides is 1. The molecule has 2 aromatic carbocycles. The second-order valence-electron chi connectivity index (χ2n) is 6.41. The third-order valence-electron chi connectivity index (χ3n) is 4.58. The van der Waals surface area contributed by atoms with Crippen LogP contribution in [0.25, 0.3) is 16.2 Å². The lowest BCUT2D eigenvalue weighted by molar-refractivity contribution is 0.102. The third kappa shape index (κ3) is 3.69. The summed E-state index contributed by atoms with van der Waals surface area (Å²) in [5, 5.41) is 2.95. The summed E-state index contributed by atoms with van der Waals surface area (Å²) in [6, 6.07) is 15.2. The Morgan fingerprint density at radius 3 is 2.62 bits per heavy atom. The molecule has 0 bridgehead atoms. The first kappa shape index (κ1) is 19.0. The molecule has 4 rings (SSSR count). The average molecular weight is 407 g/mol. The molecule has 0 aliphatic carbocycles. The number of aromatic nitrogens is 2. The molecule has 1 amide bonds. The molecule has 0 aliphatic rings. The first-order valence-corrected chi connectivity index (χ1v) is 10.1. The van der Waals surface area contributed by atoms with Crippen LogP contribution in [0.2, 0.25) is 0 Å². The van der Waals surface area contributed by atoms with E-state index in [4.69, 9.17) is 14.5 Å². The normalized spacial score (nSPS) is 10.9. The van der Waals surface area contributed by atoms with Crippen molar-refractivity contribution < 1.29 is 14.3 Å². The van der Waals surface area contributed by atoms with Crippen molar-refractivity contribution >= 4 is 27.9 Å². The molecule has 0 atom stereocenters. The number of imidazole rings is 1. The van der Waals surface area contributed by atoms with Crippen molar-refractivity contribution in [3.05, 3.63) is 65.3 Å². The number of ether oxygens (including phenoxy) is 2. The Balaban J connectivity index is 1.61. The fourth-order valence-corrected chi connectivity index (χ4v) is 4.10. The van der Waals surface area contributed by atoms with Gasteiger partial charge in [0.15, 0.2) is 4.96 Å². The molecule has 7 heteroatoms. The smallest absolute Gasteiger partial charge is 0.267 e. The van der Waals surface area contributed by atoms with Gasteiger partial charge >= 0.3 is 0 Å². The van der Waals surface area contributed by atoms with Gasteiger partial charge < -0.3 is 14.8 Å². The maximum absolute atomic E-state index is 12.9. The summed E-state index contributed by atoms with van der Waals surface area (Å²) in [4.78, 5) is 19.0. The van der Waals surface area contributed by atoms with Gasteiger partial charge in [-0.3, -0.25) is 9.20 Å². The topological polar surface area (TPSA) is 64.9 Å². The number of fused-ring (bicyclic) bond motifs is 1. The first-order chi connectivity index (χ1) is 14.1. The highest BCUT2D eigenvalue weighted by Crippen LogP contribution is 2.30. The van der Waals surface area contributed by atoms with Crippen molar-refractivity contribution in [2.45, 2.75) is 13.8 Å². The average Bonchev–Trinajstić information content (AvgIpc) is 3.29. The number of carbonyl (C=O) groups excluding carboxylic acids is 1. The minimum atomic E-state index is -0.170. The van der Waals surface area contributed by atoms with Crippen LogP contribution in [0.4, 0.5) is 5.69 Å². The lowest BCUT2D eigenvalue weighted by atomic mass is 10.2. The quantitative estimate of drug-likeness (QED) is 0.487. The van der Waals surface area contributed by atoms with Gasteiger partial charge in [0.2, 0.25) is 0 Å². The number of carbonyl (C=O) groups is 1. The maximum atomic E-state index is 12.9. The van der Waals surface area contributed by atoms with E-state index in [1.165, 1.54) is 11.3 Å². The summed E-state index contributed by atoms with van der Waals surface area (Å²) in [6.45, 7) is 4.37. The lowest BCUT2D eigenvalue weighted by Gasteiger charge is -2.10. The van der Waals surface area contributed by atoms with Crippen molar-refractivity contribution in [3.8, 4) is 22.8 Å². The molecular formula is C22H21N3O3S. The van der Waals surface area contributed by atoms with Gasteiger partial charge in [-0.25, -0.2) is 4.98 Å². The van der Waals surface area contributed by atoms with Crippen molar-refractivity contribution in [2.24, 2.45) is 0 Å². The van der Waals surface area contributed by atoms with Crippen molar-refractivity contribution in [3.63, 3.8) is 0 Å². The number of nitrogens with one attached hydrogen (secondary N) is 1. The summed E-state index contributed by atoms with van der Waals surface area (Å²) >= 11 is 1.37. The van der Waals surface area contributed by atoms with E-state index in [1.54, 1.807) is 7.11 Å². The highest BCUT2D eigenvalue weighted by molar-refractivity contribution is 7.19. The van der Waals surface area contributed by atoms with Crippen LogP contribution in [0, 0.1) is 6.92 Å². The molecule has 4 aromatic rings. The fourth-order valence-electron chi connectivity index (χ4n) is 3.09. The SMILES string of the molecule is CCOc1ccccc1NC(=O)c1sc2nc(-c3ccc(OC)cc3)cn2c1C. The van der Waals surface area contributed by atoms with E-state index in [2.05, 4.69) is 5.32 Å². The minimum Gasteiger partial charge on any atom is -0.497 e. The zero-order chi connectivity index (χ0) is 20.4. The fraction of sp³-hybridized carbons (Fsp3) is 0.182. The first-order valence-electron chi connectivity index (χ1n) is 9.26. The van der Waals surface area contributed by atoms with E-state index in [9.17, 15) is 4.79 Å². The van der Waals surface area contributed by atoms with Gasteiger partial charge in [-0.1, -0.05) is 23.5 Å². The highest BCUT2D eigenvalue weighted by atomic mass is 32.1. The second kappa shape index (κ2) is 7.97. The number of nitrogens with zero attached hydrogens (tertiary/aromatic N) is 2. The number of benzene rings is 2. The Morgan fingerprint density at radius 2 is 1.93 bits per heavy atom.